The first kappa shape index (κ1) is 24.8. The van der Waals surface area contributed by atoms with Gasteiger partial charge in [0.15, 0.2) is 11.6 Å². The first-order valence-electron chi connectivity index (χ1n) is 12.6. The molecule has 1 unspecified atom stereocenters. The third kappa shape index (κ3) is 6.08. The molecule has 2 aliphatic heterocycles. The number of likely N-dealkylation sites (N-methyl/N-ethyl adjacent to an activating group) is 1. The van der Waals surface area contributed by atoms with Crippen molar-refractivity contribution < 1.29 is 8.81 Å². The van der Waals surface area contributed by atoms with Crippen LogP contribution >= 0.6 is 0 Å². The van der Waals surface area contributed by atoms with E-state index in [0.717, 1.165) is 55.5 Å². The van der Waals surface area contributed by atoms with Crippen LogP contribution in [0.4, 0.5) is 10.2 Å². The van der Waals surface area contributed by atoms with Crippen molar-refractivity contribution >= 4 is 17.6 Å². The summed E-state index contributed by atoms with van der Waals surface area (Å²) < 4.78 is 18.9. The molecule has 2 aliphatic rings. The van der Waals surface area contributed by atoms with Crippen LogP contribution in [0, 0.1) is 11.7 Å². The van der Waals surface area contributed by atoms with Gasteiger partial charge in [-0.3, -0.25) is 5.10 Å². The van der Waals surface area contributed by atoms with Gasteiger partial charge in [0.1, 0.15) is 23.2 Å². The van der Waals surface area contributed by atoms with Crippen molar-refractivity contribution in [2.45, 2.75) is 19.9 Å². The van der Waals surface area contributed by atoms with E-state index in [1.54, 1.807) is 18.4 Å². The van der Waals surface area contributed by atoms with E-state index in [2.05, 4.69) is 50.3 Å². The molecule has 4 heterocycles. The molecule has 5 rings (SSSR count). The molecule has 2 aromatic heterocycles. The number of amidine groups is 1. The maximum atomic E-state index is 13.4. The molecule has 37 heavy (non-hydrogen) atoms. The van der Waals surface area contributed by atoms with Crippen molar-refractivity contribution in [3.8, 4) is 11.5 Å². The average molecular weight is 505 g/mol. The number of rotatable bonds is 5. The highest BCUT2D eigenvalue weighted by Crippen LogP contribution is 2.23. The summed E-state index contributed by atoms with van der Waals surface area (Å²) in [5.74, 6) is 3.50. The van der Waals surface area contributed by atoms with Crippen molar-refractivity contribution in [1.82, 2.24) is 24.9 Å². The van der Waals surface area contributed by atoms with Crippen LogP contribution in [0.5, 0.6) is 0 Å². The number of nitrogens with one attached hydrogen (secondary N) is 2. The Kier molecular flexibility index (Phi) is 7.36. The fraction of sp³-hybridized carbons (Fsp3) is 0.370. The molecule has 9 nitrogen and oxygen atoms in total. The minimum atomic E-state index is -0.240. The van der Waals surface area contributed by atoms with Crippen LogP contribution in [0.3, 0.4) is 0 Å². The Balaban J connectivity index is 1.44. The molecule has 10 heteroatoms. The number of anilines is 1. The van der Waals surface area contributed by atoms with Gasteiger partial charge in [-0.25, -0.2) is 4.39 Å². The lowest BCUT2D eigenvalue weighted by molar-refractivity contribution is 0.184. The van der Waals surface area contributed by atoms with Gasteiger partial charge < -0.3 is 24.4 Å². The molecule has 1 aromatic carbocycles. The lowest BCUT2D eigenvalue weighted by Gasteiger charge is -2.35. The summed E-state index contributed by atoms with van der Waals surface area (Å²) in [7, 11) is 4.15. The largest absolute Gasteiger partial charge is 0.463 e. The van der Waals surface area contributed by atoms with Crippen LogP contribution in [0.1, 0.15) is 18.9 Å². The molecule has 0 radical (unpaired) electrons. The molecule has 3 aromatic rings. The lowest BCUT2D eigenvalue weighted by atomic mass is 10.0. The van der Waals surface area contributed by atoms with Crippen LogP contribution in [0.15, 0.2) is 75.0 Å². The third-order valence-corrected chi connectivity index (χ3v) is 6.69. The number of H-pyrrole nitrogens is 1. The number of aromatic amines is 1. The Bertz CT molecular complexity index is 1270. The number of hydrogen-bond donors (Lipinski definition) is 2. The second-order valence-electron chi connectivity index (χ2n) is 9.65. The fourth-order valence-electron chi connectivity index (χ4n) is 4.54. The quantitative estimate of drug-likeness (QED) is 0.541. The number of allylic oxidation sites excluding steroid dienone is 1. The van der Waals surface area contributed by atoms with Crippen molar-refractivity contribution in [2.24, 2.45) is 15.9 Å². The predicted molar refractivity (Wildman–Crippen MR) is 144 cm³/mol. The maximum Gasteiger partial charge on any atom is 0.232 e. The molecule has 0 amide bonds. The van der Waals surface area contributed by atoms with Gasteiger partial charge in [-0.1, -0.05) is 19.1 Å². The zero-order valence-electron chi connectivity index (χ0n) is 21.5. The molecule has 1 saturated heterocycles. The number of hydrogen-bond acceptors (Lipinski definition) is 8. The Labute approximate surface area is 216 Å². The normalized spacial score (nSPS) is 23.2. The molecule has 0 bridgehead atoms. The number of halogens is 1. The van der Waals surface area contributed by atoms with E-state index < -0.39 is 0 Å². The highest BCUT2D eigenvalue weighted by Gasteiger charge is 2.23. The van der Waals surface area contributed by atoms with Gasteiger partial charge >= 0.3 is 0 Å². The summed E-state index contributed by atoms with van der Waals surface area (Å²) in [6.07, 6.45) is 4.65. The van der Waals surface area contributed by atoms with E-state index in [1.165, 1.54) is 12.1 Å². The predicted octanol–water partition coefficient (Wildman–Crippen LogP) is 4.24. The highest BCUT2D eigenvalue weighted by atomic mass is 19.1. The maximum absolute atomic E-state index is 13.4. The summed E-state index contributed by atoms with van der Waals surface area (Å²) >= 11 is 0. The number of aromatic nitrogens is 2. The highest BCUT2D eigenvalue weighted by molar-refractivity contribution is 6.03. The monoisotopic (exact) mass is 504 g/mol. The van der Waals surface area contributed by atoms with Gasteiger partial charge in [0.25, 0.3) is 0 Å². The zero-order valence-corrected chi connectivity index (χ0v) is 21.5. The van der Waals surface area contributed by atoms with Gasteiger partial charge in [-0.2, -0.15) is 15.1 Å². The van der Waals surface area contributed by atoms with Crippen LogP contribution < -0.4 is 5.32 Å². The van der Waals surface area contributed by atoms with Gasteiger partial charge in [0, 0.05) is 51.8 Å². The fourth-order valence-corrected chi connectivity index (χ4v) is 4.54. The number of furan rings is 1. The first-order valence-corrected chi connectivity index (χ1v) is 12.6. The lowest BCUT2D eigenvalue weighted by Crippen LogP contribution is -2.44. The number of benzene rings is 1. The van der Waals surface area contributed by atoms with E-state index in [9.17, 15) is 4.39 Å². The van der Waals surface area contributed by atoms with Crippen LogP contribution in [-0.2, 0) is 6.54 Å². The molecule has 0 aliphatic carbocycles. The Morgan fingerprint density at radius 2 is 1.92 bits per heavy atom. The Hall–Kier alpha value is -3.92. The van der Waals surface area contributed by atoms with Crippen LogP contribution in [0.25, 0.3) is 11.5 Å². The molecular formula is C27H33FN8O. The van der Waals surface area contributed by atoms with E-state index in [-0.39, 0.29) is 11.7 Å². The topological polar surface area (TPSA) is 88.3 Å². The molecule has 0 saturated carbocycles. The summed E-state index contributed by atoms with van der Waals surface area (Å²) in [6.45, 7) is 6.60. The first-order chi connectivity index (χ1) is 17.9. The smallest absolute Gasteiger partial charge is 0.232 e. The van der Waals surface area contributed by atoms with E-state index in [4.69, 9.17) is 14.4 Å². The van der Waals surface area contributed by atoms with E-state index in [1.807, 2.05) is 25.2 Å². The number of piperazine rings is 1. The standard InChI is InChI=1S/C27H33FN8O/c1-19-6-11-25(36-14-12-34(2)13-15-36)30-27(29-24-17-22(32-33-24)23-5-4-16-37-23)31-26(19)35(3)18-20-7-9-21(28)10-8-20/h4-5,7-11,16-17,19H,6,12-15,18H2,1-3H3,(H2,29,30,32,33)/b25-11-,31-26+. The SMILES string of the molecule is CC1C/C=C(N2CCN(C)CC2)/N=C(Nc2cc(-c3ccco3)[nH]n2)\N=C/1N(C)Cc1ccc(F)cc1. The Morgan fingerprint density at radius 1 is 1.14 bits per heavy atom. The van der Waals surface area contributed by atoms with Gasteiger partial charge in [0.05, 0.1) is 6.26 Å². The second-order valence-corrected chi connectivity index (χ2v) is 9.65. The summed E-state index contributed by atoms with van der Waals surface area (Å²) in [6, 6.07) is 12.2. The zero-order chi connectivity index (χ0) is 25.8. The Morgan fingerprint density at radius 3 is 2.65 bits per heavy atom. The van der Waals surface area contributed by atoms with Crippen LogP contribution in [0.2, 0.25) is 0 Å². The van der Waals surface area contributed by atoms with Crippen molar-refractivity contribution in [3.63, 3.8) is 0 Å². The van der Waals surface area contributed by atoms with E-state index in [0.29, 0.717) is 24.1 Å². The molecular weight excluding hydrogens is 471 g/mol. The van der Waals surface area contributed by atoms with Gasteiger partial charge in [-0.15, -0.1) is 0 Å². The summed E-state index contributed by atoms with van der Waals surface area (Å²) in [4.78, 5) is 16.7. The van der Waals surface area contributed by atoms with E-state index >= 15 is 0 Å². The average Bonchev–Trinajstić information content (AvgIpc) is 3.58. The second kappa shape index (κ2) is 11.0. The van der Waals surface area contributed by atoms with Crippen molar-refractivity contribution in [3.05, 3.63) is 72.0 Å². The third-order valence-electron chi connectivity index (χ3n) is 6.69. The molecule has 194 valence electrons. The van der Waals surface area contributed by atoms with Crippen LogP contribution in [-0.4, -0.2) is 77.0 Å². The number of nitrogens with zero attached hydrogens (tertiary/aromatic N) is 6. The molecule has 1 fully saturated rings. The molecule has 1 atom stereocenters. The summed E-state index contributed by atoms with van der Waals surface area (Å²) in [5, 5.41) is 10.7. The molecule has 2 N–H and O–H groups in total. The van der Waals surface area contributed by atoms with Crippen molar-refractivity contribution in [2.75, 3.05) is 45.6 Å². The minimum Gasteiger partial charge on any atom is -0.463 e. The summed E-state index contributed by atoms with van der Waals surface area (Å²) in [5.41, 5.74) is 1.77. The van der Waals surface area contributed by atoms with Gasteiger partial charge in [-0.05, 0) is 49.4 Å². The molecule has 0 spiro atoms. The minimum absolute atomic E-state index is 0.151. The van der Waals surface area contributed by atoms with Crippen molar-refractivity contribution in [1.29, 1.82) is 0 Å². The van der Waals surface area contributed by atoms with Gasteiger partial charge in [0.2, 0.25) is 5.96 Å². The number of guanidine groups is 1. The number of aliphatic imine (C=N–C) groups is 2.